The van der Waals surface area contributed by atoms with E-state index >= 15 is 0 Å². The minimum atomic E-state index is -2.11. The summed E-state index contributed by atoms with van der Waals surface area (Å²) in [5.41, 5.74) is 0.200. The van der Waals surface area contributed by atoms with Crippen molar-refractivity contribution < 1.29 is 13.6 Å². The van der Waals surface area contributed by atoms with Gasteiger partial charge in [-0.05, 0) is 46.2 Å². The first-order valence-corrected chi connectivity index (χ1v) is 10.5. The third-order valence-corrected chi connectivity index (χ3v) is 8.81. The Morgan fingerprint density at radius 3 is 2.40 bits per heavy atom. The van der Waals surface area contributed by atoms with Crippen LogP contribution in [0.15, 0.2) is 16.6 Å². The molecule has 0 amide bonds. The summed E-state index contributed by atoms with van der Waals surface area (Å²) in [6, 6.07) is 2.69. The predicted molar refractivity (Wildman–Crippen MR) is 87.0 cm³/mol. The molecule has 0 saturated heterocycles. The van der Waals surface area contributed by atoms with Crippen LogP contribution in [0, 0.1) is 5.82 Å². The normalized spacial score (nSPS) is 12.4. The number of carbonyl (C=O) groups is 1. The lowest BCUT2D eigenvalue weighted by atomic mass is 10.1. The van der Waals surface area contributed by atoms with Crippen LogP contribution in [-0.4, -0.2) is 20.0 Å². The summed E-state index contributed by atoms with van der Waals surface area (Å²) in [5, 5.41) is -0.0187. The van der Waals surface area contributed by atoms with E-state index in [0.29, 0.717) is 5.75 Å². The van der Waals surface area contributed by atoms with Gasteiger partial charge in [0.25, 0.3) is 8.32 Å². The van der Waals surface area contributed by atoms with Gasteiger partial charge < -0.3 is 4.43 Å². The van der Waals surface area contributed by atoms with Gasteiger partial charge in [0.15, 0.2) is 5.78 Å². The Morgan fingerprint density at radius 1 is 1.40 bits per heavy atom. The molecule has 0 aliphatic carbocycles. The maximum atomic E-state index is 13.6. The molecule has 0 unspecified atom stereocenters. The Morgan fingerprint density at radius 2 is 1.95 bits per heavy atom. The topological polar surface area (TPSA) is 26.3 Å². The van der Waals surface area contributed by atoms with Crippen molar-refractivity contribution in [2.45, 2.75) is 38.9 Å². The lowest BCUT2D eigenvalue weighted by Crippen LogP contribution is -2.44. The monoisotopic (exact) mass is 380 g/mol. The molecule has 0 aliphatic rings. The minimum absolute atomic E-state index is 0.0187. The maximum absolute atomic E-state index is 13.6. The van der Waals surface area contributed by atoms with Crippen molar-refractivity contribution in [2.75, 3.05) is 5.88 Å². The molecule has 1 rings (SSSR count). The highest BCUT2D eigenvalue weighted by atomic mass is 79.9. The summed E-state index contributed by atoms with van der Waals surface area (Å²) in [7, 11) is -2.11. The van der Waals surface area contributed by atoms with Crippen LogP contribution in [0.3, 0.4) is 0 Å². The number of rotatable bonds is 4. The molecule has 0 saturated carbocycles. The van der Waals surface area contributed by atoms with Gasteiger partial charge in [-0.15, -0.1) is 11.6 Å². The summed E-state index contributed by atoms with van der Waals surface area (Å²) in [6.45, 7) is 10.4. The average molecular weight is 382 g/mol. The second-order valence-corrected chi connectivity index (χ2v) is 12.0. The summed E-state index contributed by atoms with van der Waals surface area (Å²) < 4.78 is 20.0. The van der Waals surface area contributed by atoms with Gasteiger partial charge >= 0.3 is 0 Å². The van der Waals surface area contributed by atoms with E-state index in [1.165, 1.54) is 12.1 Å². The highest BCUT2D eigenvalue weighted by Gasteiger charge is 2.39. The minimum Gasteiger partial charge on any atom is -0.543 e. The summed E-state index contributed by atoms with van der Waals surface area (Å²) in [5.74, 6) is -0.641. The first-order chi connectivity index (χ1) is 8.99. The molecular weight excluding hydrogens is 363 g/mol. The molecule has 0 heterocycles. The number of hydrogen-bond donors (Lipinski definition) is 0. The molecule has 0 atom stereocenters. The fourth-order valence-electron chi connectivity index (χ4n) is 1.33. The van der Waals surface area contributed by atoms with Gasteiger partial charge in [-0.25, -0.2) is 4.39 Å². The van der Waals surface area contributed by atoms with E-state index < -0.39 is 14.1 Å². The Kier molecular flexibility index (Phi) is 5.44. The van der Waals surface area contributed by atoms with Crippen LogP contribution in [0.2, 0.25) is 18.1 Å². The van der Waals surface area contributed by atoms with Crippen molar-refractivity contribution in [1.29, 1.82) is 0 Å². The smallest absolute Gasteiger partial charge is 0.250 e. The Bertz CT molecular complexity index is 527. The van der Waals surface area contributed by atoms with Gasteiger partial charge in [0.1, 0.15) is 11.6 Å². The number of halogens is 3. The van der Waals surface area contributed by atoms with E-state index in [-0.39, 0.29) is 26.7 Å². The van der Waals surface area contributed by atoms with Gasteiger partial charge in [-0.3, -0.25) is 4.79 Å². The number of Topliss-reactive ketones (excluding diaryl/α,β-unsaturated/α-hetero) is 1. The zero-order valence-corrected chi connectivity index (χ0v) is 15.7. The van der Waals surface area contributed by atoms with Gasteiger partial charge in [0.05, 0.1) is 15.9 Å². The van der Waals surface area contributed by atoms with Crippen LogP contribution in [0.25, 0.3) is 0 Å². The molecule has 0 bridgehead atoms. The van der Waals surface area contributed by atoms with E-state index in [2.05, 4.69) is 49.8 Å². The Labute approximate surface area is 133 Å². The largest absolute Gasteiger partial charge is 0.543 e. The van der Waals surface area contributed by atoms with E-state index in [0.717, 1.165) is 0 Å². The molecule has 6 heteroatoms. The highest BCUT2D eigenvalue weighted by Crippen LogP contribution is 2.39. The third-order valence-electron chi connectivity index (χ3n) is 3.62. The second-order valence-electron chi connectivity index (χ2n) is 6.18. The second kappa shape index (κ2) is 6.16. The molecule has 112 valence electrons. The van der Waals surface area contributed by atoms with Crippen molar-refractivity contribution in [3.05, 3.63) is 28.0 Å². The standard InChI is InChI=1S/C14H19BrClFO2Si/c1-14(2,3)20(4,5)19-13-7-10(15)11(17)6-9(13)12(18)8-16/h6-7H,8H2,1-5H3. The predicted octanol–water partition coefficient (Wildman–Crippen LogP) is 5.39. The Balaban J connectivity index is 3.30. The average Bonchev–Trinajstić information content (AvgIpc) is 2.30. The first kappa shape index (κ1) is 17.7. The van der Waals surface area contributed by atoms with Crippen molar-refractivity contribution in [1.82, 2.24) is 0 Å². The van der Waals surface area contributed by atoms with E-state index in [1.54, 1.807) is 0 Å². The van der Waals surface area contributed by atoms with Gasteiger partial charge in [0.2, 0.25) is 0 Å². The van der Waals surface area contributed by atoms with Crippen LogP contribution in [0.4, 0.5) is 4.39 Å². The molecule has 1 aromatic rings. The van der Waals surface area contributed by atoms with Crippen LogP contribution >= 0.6 is 27.5 Å². The van der Waals surface area contributed by atoms with Crippen molar-refractivity contribution >= 4 is 41.6 Å². The summed E-state index contributed by atoms with van der Waals surface area (Å²) >= 11 is 8.71. The molecule has 0 N–H and O–H groups in total. The lowest BCUT2D eigenvalue weighted by molar-refractivity contribution is 0.101. The molecule has 0 aliphatic heterocycles. The molecule has 20 heavy (non-hydrogen) atoms. The number of benzene rings is 1. The van der Waals surface area contributed by atoms with Gasteiger partial charge in [0, 0.05) is 0 Å². The third kappa shape index (κ3) is 3.83. The number of alkyl halides is 1. The molecule has 0 spiro atoms. The lowest BCUT2D eigenvalue weighted by Gasteiger charge is -2.37. The van der Waals surface area contributed by atoms with Crippen molar-refractivity contribution in [2.24, 2.45) is 0 Å². The van der Waals surface area contributed by atoms with Crippen LogP contribution in [0.1, 0.15) is 31.1 Å². The zero-order chi connectivity index (χ0) is 15.7. The highest BCUT2D eigenvalue weighted by molar-refractivity contribution is 9.10. The van der Waals surface area contributed by atoms with Crippen LogP contribution in [-0.2, 0) is 0 Å². The van der Waals surface area contributed by atoms with Crippen molar-refractivity contribution in [3.8, 4) is 5.75 Å². The molecule has 0 fully saturated rings. The fourth-order valence-corrected chi connectivity index (χ4v) is 2.82. The van der Waals surface area contributed by atoms with E-state index in [1.807, 2.05) is 0 Å². The number of hydrogen-bond acceptors (Lipinski definition) is 2. The molecule has 0 aromatic heterocycles. The van der Waals surface area contributed by atoms with Crippen LogP contribution in [0.5, 0.6) is 5.75 Å². The number of carbonyl (C=O) groups excluding carboxylic acids is 1. The molecule has 0 radical (unpaired) electrons. The molecule has 1 aromatic carbocycles. The molecular formula is C14H19BrClFO2Si. The van der Waals surface area contributed by atoms with Gasteiger partial charge in [-0.2, -0.15) is 0 Å². The molecule has 2 nitrogen and oxygen atoms in total. The summed E-state index contributed by atoms with van der Waals surface area (Å²) in [4.78, 5) is 11.9. The van der Waals surface area contributed by atoms with Crippen LogP contribution < -0.4 is 4.43 Å². The number of ketones is 1. The van der Waals surface area contributed by atoms with Crippen molar-refractivity contribution in [3.63, 3.8) is 0 Å². The van der Waals surface area contributed by atoms with E-state index in [9.17, 15) is 9.18 Å². The SMILES string of the molecule is CC(C)(C)[Si](C)(C)Oc1cc(Br)c(F)cc1C(=O)CCl. The zero-order valence-electron chi connectivity index (χ0n) is 12.3. The Hall–Kier alpha value is -0.393. The summed E-state index contributed by atoms with van der Waals surface area (Å²) in [6.07, 6.45) is 0. The van der Waals surface area contributed by atoms with Gasteiger partial charge in [-0.1, -0.05) is 20.8 Å². The van der Waals surface area contributed by atoms with E-state index in [4.69, 9.17) is 16.0 Å². The maximum Gasteiger partial charge on any atom is 0.250 e. The fraction of sp³-hybridized carbons (Fsp3) is 0.500. The first-order valence-electron chi connectivity index (χ1n) is 6.27. The quantitative estimate of drug-likeness (QED) is 0.397.